The zero-order chi connectivity index (χ0) is 14.3. The van der Waals surface area contributed by atoms with E-state index in [2.05, 4.69) is 25.7 Å². The fraction of sp³-hybridized carbons (Fsp3) is 0.400. The van der Waals surface area contributed by atoms with Gasteiger partial charge in [0.05, 0.1) is 5.69 Å². The molecule has 4 nitrogen and oxygen atoms in total. The van der Waals surface area contributed by atoms with Crippen molar-refractivity contribution in [3.05, 3.63) is 36.4 Å². The van der Waals surface area contributed by atoms with Gasteiger partial charge in [0.25, 0.3) is 5.91 Å². The Kier molecular flexibility index (Phi) is 5.93. The second-order valence-corrected chi connectivity index (χ2v) is 4.79. The Labute approximate surface area is 114 Å². The van der Waals surface area contributed by atoms with Crippen molar-refractivity contribution in [3.8, 4) is 5.75 Å². The maximum atomic E-state index is 11.9. The molecule has 0 saturated carbocycles. The van der Waals surface area contributed by atoms with Gasteiger partial charge in [-0.05, 0) is 30.5 Å². The second kappa shape index (κ2) is 7.46. The van der Waals surface area contributed by atoms with Crippen molar-refractivity contribution in [1.82, 2.24) is 5.32 Å². The summed E-state index contributed by atoms with van der Waals surface area (Å²) >= 11 is 0. The van der Waals surface area contributed by atoms with E-state index in [-0.39, 0.29) is 5.91 Å². The number of hydrogen-bond acceptors (Lipinski definition) is 3. The number of ether oxygens (including phenoxy) is 1. The lowest BCUT2D eigenvalue weighted by Crippen LogP contribution is -2.25. The van der Waals surface area contributed by atoms with Crippen LogP contribution in [0, 0.1) is 5.92 Å². The molecule has 0 aromatic heterocycles. The molecule has 0 aliphatic rings. The van der Waals surface area contributed by atoms with E-state index in [0.717, 1.165) is 6.42 Å². The molecule has 0 unspecified atom stereocenters. The molecule has 1 aromatic carbocycles. The largest absolute Gasteiger partial charge is 0.487 e. The van der Waals surface area contributed by atoms with E-state index in [9.17, 15) is 4.79 Å². The summed E-state index contributed by atoms with van der Waals surface area (Å²) in [6.45, 7) is 8.88. The number of amides is 1. The number of carbonyl (C=O) groups is 1. The fourth-order valence-electron chi connectivity index (χ4n) is 1.55. The average Bonchev–Trinajstić information content (AvgIpc) is 2.36. The fourth-order valence-corrected chi connectivity index (χ4v) is 1.55. The highest BCUT2D eigenvalue weighted by Gasteiger charge is 2.08. The molecule has 4 heteroatoms. The first kappa shape index (κ1) is 15.1. The molecule has 1 rings (SSSR count). The number of nitrogens with two attached hydrogens (primary N) is 1. The molecule has 104 valence electrons. The van der Waals surface area contributed by atoms with Crippen LogP contribution in [0.4, 0.5) is 5.69 Å². The summed E-state index contributed by atoms with van der Waals surface area (Å²) in [6.07, 6.45) is 2.60. The third-order valence-corrected chi connectivity index (χ3v) is 2.64. The van der Waals surface area contributed by atoms with Crippen LogP contribution in [0.1, 0.15) is 30.6 Å². The van der Waals surface area contributed by atoms with Gasteiger partial charge in [0.1, 0.15) is 12.4 Å². The number of benzene rings is 1. The lowest BCUT2D eigenvalue weighted by atomic mass is 10.1. The van der Waals surface area contributed by atoms with Gasteiger partial charge in [-0.2, -0.15) is 0 Å². The zero-order valence-corrected chi connectivity index (χ0v) is 11.6. The molecule has 1 amide bonds. The highest BCUT2D eigenvalue weighted by atomic mass is 16.5. The van der Waals surface area contributed by atoms with Crippen LogP contribution in [0.2, 0.25) is 0 Å². The molecular weight excluding hydrogens is 240 g/mol. The topological polar surface area (TPSA) is 64.3 Å². The van der Waals surface area contributed by atoms with Gasteiger partial charge in [-0.25, -0.2) is 0 Å². The maximum absolute atomic E-state index is 11.9. The smallest absolute Gasteiger partial charge is 0.251 e. The van der Waals surface area contributed by atoms with E-state index < -0.39 is 0 Å². The molecule has 0 heterocycles. The van der Waals surface area contributed by atoms with Crippen molar-refractivity contribution < 1.29 is 9.53 Å². The second-order valence-electron chi connectivity index (χ2n) is 4.79. The van der Waals surface area contributed by atoms with Crippen LogP contribution >= 0.6 is 0 Å². The van der Waals surface area contributed by atoms with E-state index in [4.69, 9.17) is 10.5 Å². The van der Waals surface area contributed by atoms with E-state index in [1.807, 2.05) is 0 Å². The Morgan fingerprint density at radius 3 is 2.84 bits per heavy atom. The SMILES string of the molecule is C=CCOc1ccc(C(=O)NCCC(C)C)cc1N. The molecular formula is C15H22N2O2. The minimum atomic E-state index is -0.109. The molecule has 0 saturated heterocycles. The van der Waals surface area contributed by atoms with E-state index >= 15 is 0 Å². The summed E-state index contributed by atoms with van der Waals surface area (Å²) in [5.41, 5.74) is 6.84. The van der Waals surface area contributed by atoms with Gasteiger partial charge < -0.3 is 15.8 Å². The molecule has 3 N–H and O–H groups in total. The molecule has 19 heavy (non-hydrogen) atoms. The summed E-state index contributed by atoms with van der Waals surface area (Å²) in [6, 6.07) is 5.04. The van der Waals surface area contributed by atoms with E-state index in [1.54, 1.807) is 24.3 Å². The number of hydrogen-bond donors (Lipinski definition) is 2. The predicted molar refractivity (Wildman–Crippen MR) is 78.3 cm³/mol. The Balaban J connectivity index is 2.61. The summed E-state index contributed by atoms with van der Waals surface area (Å²) in [5, 5.41) is 2.87. The maximum Gasteiger partial charge on any atom is 0.251 e. The Bertz CT molecular complexity index is 442. The van der Waals surface area contributed by atoms with E-state index in [0.29, 0.717) is 36.1 Å². The summed E-state index contributed by atoms with van der Waals surface area (Å²) in [4.78, 5) is 11.9. The van der Waals surface area contributed by atoms with Crippen LogP contribution in [0.3, 0.4) is 0 Å². The van der Waals surface area contributed by atoms with Gasteiger partial charge in [-0.15, -0.1) is 0 Å². The first-order chi connectivity index (χ1) is 9.04. The van der Waals surface area contributed by atoms with Crippen molar-refractivity contribution in [3.63, 3.8) is 0 Å². The van der Waals surface area contributed by atoms with Gasteiger partial charge in [0.15, 0.2) is 0 Å². The lowest BCUT2D eigenvalue weighted by Gasteiger charge is -2.10. The van der Waals surface area contributed by atoms with Crippen LogP contribution < -0.4 is 15.8 Å². The van der Waals surface area contributed by atoms with Crippen LogP contribution in [-0.4, -0.2) is 19.1 Å². The number of nitrogens with one attached hydrogen (secondary N) is 1. The van der Waals surface area contributed by atoms with Crippen molar-refractivity contribution in [2.45, 2.75) is 20.3 Å². The van der Waals surface area contributed by atoms with Gasteiger partial charge in [0.2, 0.25) is 0 Å². The van der Waals surface area contributed by atoms with Crippen LogP contribution in [0.25, 0.3) is 0 Å². The first-order valence-electron chi connectivity index (χ1n) is 6.46. The highest BCUT2D eigenvalue weighted by molar-refractivity contribution is 5.95. The van der Waals surface area contributed by atoms with Crippen molar-refractivity contribution in [2.75, 3.05) is 18.9 Å². The molecule has 0 aliphatic carbocycles. The predicted octanol–water partition coefficient (Wildman–Crippen LogP) is 2.61. The Morgan fingerprint density at radius 2 is 2.26 bits per heavy atom. The Morgan fingerprint density at radius 1 is 1.53 bits per heavy atom. The molecule has 1 aromatic rings. The van der Waals surface area contributed by atoms with Gasteiger partial charge >= 0.3 is 0 Å². The summed E-state index contributed by atoms with van der Waals surface area (Å²) in [7, 11) is 0. The summed E-state index contributed by atoms with van der Waals surface area (Å²) < 4.78 is 5.36. The summed E-state index contributed by atoms with van der Waals surface area (Å²) in [5.74, 6) is 1.03. The van der Waals surface area contributed by atoms with Crippen LogP contribution in [-0.2, 0) is 0 Å². The lowest BCUT2D eigenvalue weighted by molar-refractivity contribution is 0.0952. The van der Waals surface area contributed by atoms with Crippen LogP contribution in [0.5, 0.6) is 5.75 Å². The molecule has 0 radical (unpaired) electrons. The van der Waals surface area contributed by atoms with Crippen molar-refractivity contribution in [1.29, 1.82) is 0 Å². The molecule has 0 atom stereocenters. The standard InChI is InChI=1S/C15H22N2O2/c1-4-9-19-14-6-5-12(10-13(14)16)15(18)17-8-7-11(2)3/h4-6,10-11H,1,7-9,16H2,2-3H3,(H,17,18). The molecule has 0 aliphatic heterocycles. The van der Waals surface area contributed by atoms with Crippen LogP contribution in [0.15, 0.2) is 30.9 Å². The number of carbonyl (C=O) groups excluding carboxylic acids is 1. The third-order valence-electron chi connectivity index (χ3n) is 2.64. The van der Waals surface area contributed by atoms with Gasteiger partial charge in [0, 0.05) is 12.1 Å². The first-order valence-corrected chi connectivity index (χ1v) is 6.46. The highest BCUT2D eigenvalue weighted by Crippen LogP contribution is 2.22. The number of nitrogen functional groups attached to an aromatic ring is 1. The number of anilines is 1. The van der Waals surface area contributed by atoms with Gasteiger partial charge in [-0.3, -0.25) is 4.79 Å². The quantitative estimate of drug-likeness (QED) is 0.586. The minimum Gasteiger partial charge on any atom is -0.487 e. The van der Waals surface area contributed by atoms with Crippen molar-refractivity contribution in [2.24, 2.45) is 5.92 Å². The molecule has 0 bridgehead atoms. The van der Waals surface area contributed by atoms with Crippen molar-refractivity contribution >= 4 is 11.6 Å². The van der Waals surface area contributed by atoms with E-state index in [1.165, 1.54) is 0 Å². The van der Waals surface area contributed by atoms with Gasteiger partial charge in [-0.1, -0.05) is 26.5 Å². The normalized spacial score (nSPS) is 10.3. The molecule has 0 spiro atoms. The Hall–Kier alpha value is -1.97. The average molecular weight is 262 g/mol. The third kappa shape index (κ3) is 5.04. The monoisotopic (exact) mass is 262 g/mol. The zero-order valence-electron chi connectivity index (χ0n) is 11.6. The number of rotatable bonds is 7. The minimum absolute atomic E-state index is 0.109. The molecule has 0 fully saturated rings.